The molecule has 0 amide bonds. The maximum Gasteiger partial charge on any atom is 0.123 e. The predicted molar refractivity (Wildman–Crippen MR) is 70.3 cm³/mol. The van der Waals surface area contributed by atoms with E-state index in [2.05, 4.69) is 22.9 Å². The molecule has 0 spiro atoms. The summed E-state index contributed by atoms with van der Waals surface area (Å²) in [5.74, 6) is 1.28. The van der Waals surface area contributed by atoms with Crippen LogP contribution in [0.2, 0.25) is 0 Å². The Hall–Kier alpha value is -0.250. The van der Waals surface area contributed by atoms with Gasteiger partial charge in [0.25, 0.3) is 0 Å². The highest BCUT2D eigenvalue weighted by molar-refractivity contribution is 9.10. The van der Waals surface area contributed by atoms with Gasteiger partial charge in [-0.05, 0) is 24.6 Å². The molecule has 16 heavy (non-hydrogen) atoms. The van der Waals surface area contributed by atoms with Crippen molar-refractivity contribution in [2.24, 2.45) is 0 Å². The number of alkyl halides is 1. The number of ether oxygens (including phenoxy) is 2. The highest BCUT2D eigenvalue weighted by Crippen LogP contribution is 2.24. The standard InChI is InChI=1S/C12H16BrClO2/c1-2-5-15-6-7-16-12-4-3-11(13)8-10(12)9-14/h3-4,8H,2,5-7,9H2,1H3. The second-order valence-corrected chi connectivity index (χ2v) is 4.53. The van der Waals surface area contributed by atoms with E-state index in [1.807, 2.05) is 18.2 Å². The molecule has 0 unspecified atom stereocenters. The molecule has 0 bridgehead atoms. The van der Waals surface area contributed by atoms with E-state index >= 15 is 0 Å². The van der Waals surface area contributed by atoms with Crippen LogP contribution in [-0.4, -0.2) is 19.8 Å². The van der Waals surface area contributed by atoms with Gasteiger partial charge in [0.1, 0.15) is 12.4 Å². The molecule has 1 aromatic carbocycles. The first kappa shape index (κ1) is 13.8. The normalized spacial score (nSPS) is 10.4. The van der Waals surface area contributed by atoms with Crippen molar-refractivity contribution in [2.75, 3.05) is 19.8 Å². The van der Waals surface area contributed by atoms with Gasteiger partial charge < -0.3 is 9.47 Å². The summed E-state index contributed by atoms with van der Waals surface area (Å²) in [6, 6.07) is 5.83. The molecule has 0 aliphatic carbocycles. The fourth-order valence-corrected chi connectivity index (χ4v) is 1.87. The Bertz CT molecular complexity index is 318. The molecule has 0 aliphatic heterocycles. The van der Waals surface area contributed by atoms with Gasteiger partial charge in [0.2, 0.25) is 0 Å². The number of benzene rings is 1. The molecule has 0 atom stereocenters. The van der Waals surface area contributed by atoms with Crippen LogP contribution in [0.1, 0.15) is 18.9 Å². The van der Waals surface area contributed by atoms with Crippen molar-refractivity contribution >= 4 is 27.5 Å². The lowest BCUT2D eigenvalue weighted by Gasteiger charge is -2.10. The van der Waals surface area contributed by atoms with E-state index in [1.165, 1.54) is 0 Å². The van der Waals surface area contributed by atoms with E-state index in [4.69, 9.17) is 21.1 Å². The maximum atomic E-state index is 5.83. The molecule has 0 radical (unpaired) electrons. The fourth-order valence-electron chi connectivity index (χ4n) is 1.25. The highest BCUT2D eigenvalue weighted by atomic mass is 79.9. The molecule has 0 fully saturated rings. The molecule has 0 N–H and O–H groups in total. The van der Waals surface area contributed by atoms with E-state index in [1.54, 1.807) is 0 Å². The monoisotopic (exact) mass is 306 g/mol. The van der Waals surface area contributed by atoms with Crippen molar-refractivity contribution < 1.29 is 9.47 Å². The molecule has 0 heterocycles. The minimum atomic E-state index is 0.449. The molecule has 0 saturated carbocycles. The first-order valence-electron chi connectivity index (χ1n) is 5.33. The first-order valence-corrected chi connectivity index (χ1v) is 6.65. The fraction of sp³-hybridized carbons (Fsp3) is 0.500. The van der Waals surface area contributed by atoms with Gasteiger partial charge in [-0.1, -0.05) is 22.9 Å². The number of halogens is 2. The van der Waals surface area contributed by atoms with Crippen molar-refractivity contribution in [3.05, 3.63) is 28.2 Å². The van der Waals surface area contributed by atoms with Crippen LogP contribution in [0.25, 0.3) is 0 Å². The number of rotatable bonds is 7. The Labute approximate surface area is 110 Å². The van der Waals surface area contributed by atoms with Gasteiger partial charge in [-0.3, -0.25) is 0 Å². The van der Waals surface area contributed by atoms with Gasteiger partial charge in [-0.2, -0.15) is 0 Å². The Morgan fingerprint density at radius 2 is 2.06 bits per heavy atom. The molecule has 2 nitrogen and oxygen atoms in total. The average molecular weight is 308 g/mol. The summed E-state index contributed by atoms with van der Waals surface area (Å²) < 4.78 is 11.9. The zero-order chi connectivity index (χ0) is 11.8. The van der Waals surface area contributed by atoms with E-state index in [9.17, 15) is 0 Å². The quantitative estimate of drug-likeness (QED) is 0.560. The van der Waals surface area contributed by atoms with Crippen LogP contribution >= 0.6 is 27.5 Å². The minimum Gasteiger partial charge on any atom is -0.491 e. The lowest BCUT2D eigenvalue weighted by molar-refractivity contribution is 0.100. The van der Waals surface area contributed by atoms with E-state index < -0.39 is 0 Å². The maximum absolute atomic E-state index is 5.83. The van der Waals surface area contributed by atoms with Gasteiger partial charge in [0, 0.05) is 16.6 Å². The summed E-state index contributed by atoms with van der Waals surface area (Å²) in [5, 5.41) is 0. The van der Waals surface area contributed by atoms with Crippen molar-refractivity contribution in [3.8, 4) is 5.75 Å². The summed E-state index contributed by atoms with van der Waals surface area (Å²) >= 11 is 9.24. The lowest BCUT2D eigenvalue weighted by Crippen LogP contribution is -2.08. The van der Waals surface area contributed by atoms with Crippen LogP contribution in [0.15, 0.2) is 22.7 Å². The molecule has 90 valence electrons. The zero-order valence-corrected chi connectivity index (χ0v) is 11.7. The Kier molecular flexibility index (Phi) is 6.85. The van der Waals surface area contributed by atoms with Gasteiger partial charge in [0.05, 0.1) is 12.5 Å². The molecule has 0 aromatic heterocycles. The lowest BCUT2D eigenvalue weighted by atomic mass is 10.2. The van der Waals surface area contributed by atoms with E-state index in [0.717, 1.165) is 28.8 Å². The van der Waals surface area contributed by atoms with E-state index in [0.29, 0.717) is 19.1 Å². The van der Waals surface area contributed by atoms with Crippen molar-refractivity contribution in [1.29, 1.82) is 0 Å². The molecule has 1 aromatic rings. The van der Waals surface area contributed by atoms with E-state index in [-0.39, 0.29) is 0 Å². The van der Waals surface area contributed by atoms with Gasteiger partial charge >= 0.3 is 0 Å². The van der Waals surface area contributed by atoms with Crippen LogP contribution < -0.4 is 4.74 Å². The Morgan fingerprint density at radius 3 is 2.75 bits per heavy atom. The van der Waals surface area contributed by atoms with Gasteiger partial charge in [0.15, 0.2) is 0 Å². The van der Waals surface area contributed by atoms with Crippen molar-refractivity contribution in [3.63, 3.8) is 0 Å². The largest absolute Gasteiger partial charge is 0.491 e. The topological polar surface area (TPSA) is 18.5 Å². The summed E-state index contributed by atoms with van der Waals surface area (Å²) in [7, 11) is 0. The smallest absolute Gasteiger partial charge is 0.123 e. The summed E-state index contributed by atoms with van der Waals surface area (Å²) in [6.07, 6.45) is 1.03. The minimum absolute atomic E-state index is 0.449. The van der Waals surface area contributed by atoms with Crippen LogP contribution in [0.4, 0.5) is 0 Å². The molecule has 1 rings (SSSR count). The first-order chi connectivity index (χ1) is 7.77. The third kappa shape index (κ3) is 4.73. The third-order valence-electron chi connectivity index (χ3n) is 2.00. The van der Waals surface area contributed by atoms with Crippen molar-refractivity contribution in [2.45, 2.75) is 19.2 Å². The summed E-state index contributed by atoms with van der Waals surface area (Å²) in [6.45, 7) is 4.05. The van der Waals surface area contributed by atoms with Crippen LogP contribution in [0, 0.1) is 0 Å². The van der Waals surface area contributed by atoms with Crippen LogP contribution in [-0.2, 0) is 10.6 Å². The third-order valence-corrected chi connectivity index (χ3v) is 2.78. The molecular weight excluding hydrogens is 291 g/mol. The van der Waals surface area contributed by atoms with Crippen molar-refractivity contribution in [1.82, 2.24) is 0 Å². The Balaban J connectivity index is 2.41. The van der Waals surface area contributed by atoms with Crippen LogP contribution in [0.5, 0.6) is 5.75 Å². The summed E-state index contributed by atoms with van der Waals surface area (Å²) in [4.78, 5) is 0. The van der Waals surface area contributed by atoms with Gasteiger partial charge in [-0.15, -0.1) is 11.6 Å². The average Bonchev–Trinajstić information content (AvgIpc) is 2.30. The second-order valence-electron chi connectivity index (χ2n) is 3.35. The highest BCUT2D eigenvalue weighted by Gasteiger charge is 2.03. The number of hydrogen-bond acceptors (Lipinski definition) is 2. The zero-order valence-electron chi connectivity index (χ0n) is 9.34. The van der Waals surface area contributed by atoms with Crippen LogP contribution in [0.3, 0.4) is 0 Å². The molecule has 4 heteroatoms. The summed E-state index contributed by atoms with van der Waals surface area (Å²) in [5.41, 5.74) is 0.992. The van der Waals surface area contributed by atoms with Gasteiger partial charge in [-0.25, -0.2) is 0 Å². The Morgan fingerprint density at radius 1 is 1.25 bits per heavy atom. The SMILES string of the molecule is CCCOCCOc1ccc(Br)cc1CCl. The molecular formula is C12H16BrClO2. The number of hydrogen-bond donors (Lipinski definition) is 0. The molecule has 0 saturated heterocycles. The second kappa shape index (κ2) is 7.93. The molecule has 0 aliphatic rings. The predicted octanol–water partition coefficient (Wildman–Crippen LogP) is 3.99.